The molecule has 0 unspecified atom stereocenters. The second-order valence-corrected chi connectivity index (χ2v) is 7.54. The van der Waals surface area contributed by atoms with Gasteiger partial charge in [0.15, 0.2) is 0 Å². The zero-order valence-corrected chi connectivity index (χ0v) is 16.1. The summed E-state index contributed by atoms with van der Waals surface area (Å²) >= 11 is 13.8. The molecule has 0 atom stereocenters. The quantitative estimate of drug-likeness (QED) is 0.464. The topological polar surface area (TPSA) is 52.2 Å². The summed E-state index contributed by atoms with van der Waals surface area (Å²) in [5, 5.41) is 10.5. The maximum atomic E-state index is 12.7. The molecule has 2 aromatic carbocycles. The summed E-state index contributed by atoms with van der Waals surface area (Å²) in [5.41, 5.74) is 0.745. The Bertz CT molecular complexity index is 1190. The number of hydrogen-bond acceptors (Lipinski definition) is 4. The number of fused-ring (bicyclic) bond motifs is 3. The van der Waals surface area contributed by atoms with Crippen LogP contribution in [0.5, 0.6) is 0 Å². The highest BCUT2D eigenvalue weighted by atomic mass is 35.5. The van der Waals surface area contributed by atoms with Gasteiger partial charge >= 0.3 is 0 Å². The zero-order valence-electron chi connectivity index (χ0n) is 13.8. The standard InChI is InChI=1S/C18H14Cl2N4OS/c1-2-23-17(25)12-5-3-4-6-14(12)24-16(21-22-18(23)24)10-26-15-9-11(19)7-8-13(15)20/h3-9H,2,10H2,1H3. The molecule has 8 heteroatoms. The van der Waals surface area contributed by atoms with Crippen LogP contribution in [0, 0.1) is 0 Å². The van der Waals surface area contributed by atoms with Crippen molar-refractivity contribution in [1.29, 1.82) is 0 Å². The highest BCUT2D eigenvalue weighted by Crippen LogP contribution is 2.32. The van der Waals surface area contributed by atoms with Crippen molar-refractivity contribution in [3.8, 4) is 0 Å². The third-order valence-electron chi connectivity index (χ3n) is 4.14. The molecule has 0 N–H and O–H groups in total. The number of aryl methyl sites for hydroxylation is 1. The second-order valence-electron chi connectivity index (χ2n) is 5.68. The molecule has 2 aromatic heterocycles. The molecule has 4 rings (SSSR count). The summed E-state index contributed by atoms with van der Waals surface area (Å²) in [6, 6.07) is 12.9. The highest BCUT2D eigenvalue weighted by Gasteiger charge is 2.16. The largest absolute Gasteiger partial charge is 0.277 e. The molecule has 5 nitrogen and oxygen atoms in total. The van der Waals surface area contributed by atoms with E-state index in [4.69, 9.17) is 23.2 Å². The first kappa shape index (κ1) is 17.4. The van der Waals surface area contributed by atoms with Gasteiger partial charge in [-0.3, -0.25) is 13.8 Å². The number of aromatic nitrogens is 4. The number of benzene rings is 2. The lowest BCUT2D eigenvalue weighted by Crippen LogP contribution is -2.22. The molecule has 0 fully saturated rings. The molecular weight excluding hydrogens is 391 g/mol. The van der Waals surface area contributed by atoms with Gasteiger partial charge in [0, 0.05) is 16.5 Å². The van der Waals surface area contributed by atoms with Gasteiger partial charge < -0.3 is 0 Å². The Morgan fingerprint density at radius 2 is 1.92 bits per heavy atom. The normalized spacial score (nSPS) is 11.5. The van der Waals surface area contributed by atoms with E-state index in [9.17, 15) is 4.79 Å². The fourth-order valence-corrected chi connectivity index (χ4v) is 4.33. The van der Waals surface area contributed by atoms with Crippen molar-refractivity contribution in [2.45, 2.75) is 24.1 Å². The first-order valence-corrected chi connectivity index (χ1v) is 9.77. The number of nitrogens with zero attached hydrogens (tertiary/aromatic N) is 4. The van der Waals surface area contributed by atoms with Crippen molar-refractivity contribution in [3.05, 3.63) is 68.7 Å². The lowest BCUT2D eigenvalue weighted by Gasteiger charge is -2.10. The Labute approximate surface area is 163 Å². The molecular formula is C18H14Cl2N4OS. The van der Waals surface area contributed by atoms with Gasteiger partial charge in [-0.2, -0.15) is 0 Å². The van der Waals surface area contributed by atoms with E-state index in [-0.39, 0.29) is 5.56 Å². The first-order chi connectivity index (χ1) is 12.6. The monoisotopic (exact) mass is 404 g/mol. The molecule has 2 heterocycles. The smallest absolute Gasteiger partial charge is 0.262 e. The van der Waals surface area contributed by atoms with E-state index >= 15 is 0 Å². The molecule has 132 valence electrons. The lowest BCUT2D eigenvalue weighted by molar-refractivity contribution is 0.735. The van der Waals surface area contributed by atoms with Crippen LogP contribution in [0.25, 0.3) is 16.7 Å². The van der Waals surface area contributed by atoms with Crippen molar-refractivity contribution in [1.82, 2.24) is 19.2 Å². The Balaban J connectivity index is 1.85. The fourth-order valence-electron chi connectivity index (χ4n) is 2.92. The van der Waals surface area contributed by atoms with Crippen LogP contribution in [-0.2, 0) is 12.3 Å². The van der Waals surface area contributed by atoms with E-state index in [1.807, 2.05) is 41.7 Å². The molecule has 0 aliphatic rings. The molecule has 0 radical (unpaired) electrons. The van der Waals surface area contributed by atoms with E-state index < -0.39 is 0 Å². The fraction of sp³-hybridized carbons (Fsp3) is 0.167. The van der Waals surface area contributed by atoms with E-state index in [0.29, 0.717) is 33.5 Å². The summed E-state index contributed by atoms with van der Waals surface area (Å²) in [6.45, 7) is 2.45. The van der Waals surface area contributed by atoms with E-state index in [0.717, 1.165) is 16.2 Å². The summed E-state index contributed by atoms with van der Waals surface area (Å²) in [7, 11) is 0. The number of thioether (sulfide) groups is 1. The minimum absolute atomic E-state index is 0.0555. The summed E-state index contributed by atoms with van der Waals surface area (Å²) in [6.07, 6.45) is 0. The van der Waals surface area contributed by atoms with Crippen molar-refractivity contribution in [2.75, 3.05) is 0 Å². The van der Waals surface area contributed by atoms with Gasteiger partial charge in [0.05, 0.1) is 21.7 Å². The molecule has 0 spiro atoms. The summed E-state index contributed by atoms with van der Waals surface area (Å²) in [5.74, 6) is 1.84. The van der Waals surface area contributed by atoms with Crippen LogP contribution in [0.3, 0.4) is 0 Å². The summed E-state index contributed by atoms with van der Waals surface area (Å²) in [4.78, 5) is 13.6. The Hall–Kier alpha value is -2.02. The second kappa shape index (κ2) is 6.95. The van der Waals surface area contributed by atoms with Gasteiger partial charge in [-0.1, -0.05) is 35.3 Å². The Kier molecular flexibility index (Phi) is 4.65. The number of para-hydroxylation sites is 1. The summed E-state index contributed by atoms with van der Waals surface area (Å²) < 4.78 is 3.57. The molecule has 0 aliphatic carbocycles. The van der Waals surface area contributed by atoms with Gasteiger partial charge in [-0.15, -0.1) is 22.0 Å². The van der Waals surface area contributed by atoms with Crippen LogP contribution in [0.4, 0.5) is 0 Å². The number of halogens is 2. The van der Waals surface area contributed by atoms with Gasteiger partial charge in [-0.05, 0) is 37.3 Å². The molecule has 26 heavy (non-hydrogen) atoms. The van der Waals surface area contributed by atoms with Crippen molar-refractivity contribution in [3.63, 3.8) is 0 Å². The Morgan fingerprint density at radius 3 is 2.73 bits per heavy atom. The predicted octanol–water partition coefficient (Wildman–Crippen LogP) is 4.66. The van der Waals surface area contributed by atoms with Gasteiger partial charge in [-0.25, -0.2) is 0 Å². The van der Waals surface area contributed by atoms with Crippen LogP contribution >= 0.6 is 35.0 Å². The Morgan fingerprint density at radius 1 is 1.12 bits per heavy atom. The van der Waals surface area contributed by atoms with Gasteiger partial charge in [0.2, 0.25) is 5.78 Å². The molecule has 0 saturated heterocycles. The van der Waals surface area contributed by atoms with Gasteiger partial charge in [0.1, 0.15) is 5.82 Å². The van der Waals surface area contributed by atoms with E-state index in [1.54, 1.807) is 16.7 Å². The molecule has 0 amide bonds. The van der Waals surface area contributed by atoms with Crippen LogP contribution in [-0.4, -0.2) is 19.2 Å². The van der Waals surface area contributed by atoms with Crippen LogP contribution in [0.1, 0.15) is 12.7 Å². The van der Waals surface area contributed by atoms with E-state index in [2.05, 4.69) is 10.2 Å². The maximum Gasteiger partial charge on any atom is 0.262 e. The zero-order chi connectivity index (χ0) is 18.3. The van der Waals surface area contributed by atoms with Crippen LogP contribution < -0.4 is 5.56 Å². The first-order valence-electron chi connectivity index (χ1n) is 8.03. The molecule has 0 aliphatic heterocycles. The van der Waals surface area contributed by atoms with Crippen LogP contribution in [0.2, 0.25) is 10.0 Å². The number of hydrogen-bond donors (Lipinski definition) is 0. The SMILES string of the molecule is CCn1c(=O)c2ccccc2n2c(CSc3cc(Cl)ccc3Cl)nnc12. The molecule has 4 aromatic rings. The third kappa shape index (κ3) is 2.88. The van der Waals surface area contributed by atoms with E-state index in [1.165, 1.54) is 11.8 Å². The molecule has 0 saturated carbocycles. The number of rotatable bonds is 4. The predicted molar refractivity (Wildman–Crippen MR) is 106 cm³/mol. The minimum Gasteiger partial charge on any atom is -0.277 e. The van der Waals surface area contributed by atoms with Crippen molar-refractivity contribution < 1.29 is 0 Å². The highest BCUT2D eigenvalue weighted by molar-refractivity contribution is 7.98. The lowest BCUT2D eigenvalue weighted by atomic mass is 10.2. The van der Waals surface area contributed by atoms with Gasteiger partial charge in [0.25, 0.3) is 5.56 Å². The third-order valence-corrected chi connectivity index (χ3v) is 5.87. The molecule has 0 bridgehead atoms. The minimum atomic E-state index is -0.0555. The average molecular weight is 405 g/mol. The van der Waals surface area contributed by atoms with Crippen molar-refractivity contribution in [2.24, 2.45) is 0 Å². The maximum absolute atomic E-state index is 12.7. The average Bonchev–Trinajstić information content (AvgIpc) is 3.07. The van der Waals surface area contributed by atoms with Crippen LogP contribution in [0.15, 0.2) is 52.2 Å². The van der Waals surface area contributed by atoms with Crippen molar-refractivity contribution >= 4 is 51.6 Å².